The van der Waals surface area contributed by atoms with Gasteiger partial charge in [0.1, 0.15) is 0 Å². The summed E-state index contributed by atoms with van der Waals surface area (Å²) in [5.41, 5.74) is 3.63. The third kappa shape index (κ3) is 4.38. The number of Topliss-reactive ketones (excluding diaryl/α,β-unsaturated/α-hetero) is 1. The standard InChI is InChI=1S/C28H21Cl2NO4/c29-19-8-11-21(23(30)14-19)22-15-26(33)31(20-9-6-17(7-10-20)28(34)35)24-12-18(13-25(32)27(22)24)16-4-2-1-3-5-16/h1-11,14,18,22H,12-13,15H2,(H,34,35). The first-order valence-corrected chi connectivity index (χ1v) is 12.0. The molecule has 5 nitrogen and oxygen atoms in total. The molecule has 35 heavy (non-hydrogen) atoms. The van der Waals surface area contributed by atoms with Gasteiger partial charge >= 0.3 is 5.97 Å². The molecular formula is C28H21Cl2NO4. The van der Waals surface area contributed by atoms with Crippen LogP contribution >= 0.6 is 23.2 Å². The number of hydrogen-bond donors (Lipinski definition) is 1. The number of carbonyl (C=O) groups is 3. The smallest absolute Gasteiger partial charge is 0.335 e. The van der Waals surface area contributed by atoms with Crippen LogP contribution in [0.3, 0.4) is 0 Å². The third-order valence-electron chi connectivity index (χ3n) is 6.71. The molecule has 0 saturated carbocycles. The van der Waals surface area contributed by atoms with Gasteiger partial charge in [-0.05, 0) is 59.9 Å². The normalized spacial score (nSPS) is 20.1. The summed E-state index contributed by atoms with van der Waals surface area (Å²) in [6, 6.07) is 21.1. The summed E-state index contributed by atoms with van der Waals surface area (Å²) in [6.45, 7) is 0. The molecule has 5 rings (SSSR count). The molecule has 2 aliphatic rings. The highest BCUT2D eigenvalue weighted by molar-refractivity contribution is 6.35. The number of nitrogens with zero attached hydrogens (tertiary/aromatic N) is 1. The zero-order valence-corrected chi connectivity index (χ0v) is 20.1. The maximum absolute atomic E-state index is 13.7. The molecule has 0 aromatic heterocycles. The van der Waals surface area contributed by atoms with Gasteiger partial charge in [0.15, 0.2) is 5.78 Å². The molecule has 176 valence electrons. The summed E-state index contributed by atoms with van der Waals surface area (Å²) in [7, 11) is 0. The van der Waals surface area contributed by atoms with Crippen molar-refractivity contribution in [2.75, 3.05) is 4.90 Å². The van der Waals surface area contributed by atoms with E-state index in [0.717, 1.165) is 5.56 Å². The lowest BCUT2D eigenvalue weighted by Crippen LogP contribution is -2.41. The van der Waals surface area contributed by atoms with Crippen LogP contribution in [0.5, 0.6) is 0 Å². The maximum atomic E-state index is 13.7. The van der Waals surface area contributed by atoms with Gasteiger partial charge < -0.3 is 5.11 Å². The largest absolute Gasteiger partial charge is 0.478 e. The van der Waals surface area contributed by atoms with Crippen LogP contribution in [0.2, 0.25) is 10.0 Å². The fraction of sp³-hybridized carbons (Fsp3) is 0.179. The molecule has 2 atom stereocenters. The van der Waals surface area contributed by atoms with Crippen LogP contribution in [0.4, 0.5) is 5.69 Å². The summed E-state index contributed by atoms with van der Waals surface area (Å²) in [5, 5.41) is 10.2. The number of anilines is 1. The molecule has 1 aliphatic heterocycles. The van der Waals surface area contributed by atoms with E-state index in [1.807, 2.05) is 30.3 Å². The van der Waals surface area contributed by atoms with E-state index in [1.54, 1.807) is 35.2 Å². The lowest BCUT2D eigenvalue weighted by molar-refractivity contribution is -0.120. The van der Waals surface area contributed by atoms with E-state index in [9.17, 15) is 19.5 Å². The van der Waals surface area contributed by atoms with Crippen LogP contribution < -0.4 is 4.90 Å². The Labute approximate surface area is 212 Å². The highest BCUT2D eigenvalue weighted by atomic mass is 35.5. The molecule has 0 bridgehead atoms. The van der Waals surface area contributed by atoms with Gasteiger partial charge in [-0.25, -0.2) is 4.79 Å². The minimum Gasteiger partial charge on any atom is -0.478 e. The Morgan fingerprint density at radius 2 is 1.60 bits per heavy atom. The number of halogens is 2. The highest BCUT2D eigenvalue weighted by Gasteiger charge is 2.43. The first kappa shape index (κ1) is 23.3. The zero-order valence-electron chi connectivity index (χ0n) is 18.6. The van der Waals surface area contributed by atoms with Crippen molar-refractivity contribution >= 4 is 46.5 Å². The number of ketones is 1. The lowest BCUT2D eigenvalue weighted by atomic mass is 9.72. The lowest BCUT2D eigenvalue weighted by Gasteiger charge is -2.40. The number of rotatable bonds is 4. The topological polar surface area (TPSA) is 74.7 Å². The fourth-order valence-electron chi connectivity index (χ4n) is 5.10. The Bertz CT molecular complexity index is 1370. The molecule has 1 N–H and O–H groups in total. The Kier molecular flexibility index (Phi) is 6.22. The molecular weight excluding hydrogens is 485 g/mol. The summed E-state index contributed by atoms with van der Waals surface area (Å²) in [5.74, 6) is -1.78. The van der Waals surface area contributed by atoms with Crippen molar-refractivity contribution in [3.05, 3.63) is 111 Å². The van der Waals surface area contributed by atoms with Crippen LogP contribution in [0, 0.1) is 0 Å². The van der Waals surface area contributed by atoms with E-state index in [1.165, 1.54) is 12.1 Å². The van der Waals surface area contributed by atoms with E-state index in [4.69, 9.17) is 23.2 Å². The predicted molar refractivity (Wildman–Crippen MR) is 135 cm³/mol. The SMILES string of the molecule is O=C1CC(c2ccccc2)CC2=C1C(c1ccc(Cl)cc1Cl)CC(=O)N2c1ccc(C(=O)O)cc1. The monoisotopic (exact) mass is 505 g/mol. The Balaban J connectivity index is 1.65. The van der Waals surface area contributed by atoms with Crippen LogP contribution in [-0.2, 0) is 9.59 Å². The van der Waals surface area contributed by atoms with Gasteiger partial charge in [0.05, 0.1) is 5.56 Å². The predicted octanol–water partition coefficient (Wildman–Crippen LogP) is 6.61. The van der Waals surface area contributed by atoms with Crippen LogP contribution in [0.25, 0.3) is 0 Å². The number of carboxylic acid groups (broad SMARTS) is 1. The number of carboxylic acids is 1. The molecule has 0 fully saturated rings. The van der Waals surface area contributed by atoms with Crippen LogP contribution in [0.15, 0.2) is 84.1 Å². The molecule has 3 aromatic rings. The van der Waals surface area contributed by atoms with Gasteiger partial charge in [-0.15, -0.1) is 0 Å². The Morgan fingerprint density at radius 3 is 2.26 bits per heavy atom. The molecule has 3 aromatic carbocycles. The summed E-state index contributed by atoms with van der Waals surface area (Å²) < 4.78 is 0. The van der Waals surface area contributed by atoms with E-state index < -0.39 is 11.9 Å². The van der Waals surface area contributed by atoms with E-state index in [2.05, 4.69) is 0 Å². The van der Waals surface area contributed by atoms with Crippen molar-refractivity contribution in [2.45, 2.75) is 31.1 Å². The fourth-order valence-corrected chi connectivity index (χ4v) is 5.64. The minimum absolute atomic E-state index is 0.0178. The highest BCUT2D eigenvalue weighted by Crippen LogP contribution is 2.48. The number of amides is 1. The number of allylic oxidation sites excluding steroid dienone is 2. The van der Waals surface area contributed by atoms with Gasteiger partial charge in [-0.2, -0.15) is 0 Å². The molecule has 0 radical (unpaired) electrons. The molecule has 0 spiro atoms. The summed E-state index contributed by atoms with van der Waals surface area (Å²) in [4.78, 5) is 40.1. The number of hydrogen-bond acceptors (Lipinski definition) is 3. The number of aromatic carboxylic acids is 1. The second-order valence-electron chi connectivity index (χ2n) is 8.80. The molecule has 0 saturated heterocycles. The molecule has 7 heteroatoms. The van der Waals surface area contributed by atoms with Gasteiger partial charge in [0.25, 0.3) is 0 Å². The first-order chi connectivity index (χ1) is 16.8. The molecule has 2 unspecified atom stereocenters. The number of carbonyl (C=O) groups excluding carboxylic acids is 2. The second-order valence-corrected chi connectivity index (χ2v) is 9.65. The van der Waals surface area contributed by atoms with Crippen molar-refractivity contribution in [1.29, 1.82) is 0 Å². The first-order valence-electron chi connectivity index (χ1n) is 11.3. The average Bonchev–Trinajstić information content (AvgIpc) is 2.84. The minimum atomic E-state index is -1.05. The summed E-state index contributed by atoms with van der Waals surface area (Å²) >= 11 is 12.6. The molecule has 1 amide bonds. The van der Waals surface area contributed by atoms with Crippen molar-refractivity contribution in [2.24, 2.45) is 0 Å². The second kappa shape index (κ2) is 9.33. The third-order valence-corrected chi connectivity index (χ3v) is 7.27. The van der Waals surface area contributed by atoms with Crippen LogP contribution in [0.1, 0.15) is 52.6 Å². The molecule has 1 heterocycles. The maximum Gasteiger partial charge on any atom is 0.335 e. The Hall–Kier alpha value is -3.41. The average molecular weight is 506 g/mol. The summed E-state index contributed by atoms with van der Waals surface area (Å²) in [6.07, 6.45) is 0.909. The molecule has 1 aliphatic carbocycles. The van der Waals surface area contributed by atoms with E-state index in [0.29, 0.717) is 45.4 Å². The van der Waals surface area contributed by atoms with Crippen molar-refractivity contribution in [1.82, 2.24) is 0 Å². The van der Waals surface area contributed by atoms with Gasteiger partial charge in [-0.1, -0.05) is 59.6 Å². The van der Waals surface area contributed by atoms with E-state index in [-0.39, 0.29) is 29.6 Å². The van der Waals surface area contributed by atoms with Gasteiger partial charge in [0, 0.05) is 45.8 Å². The van der Waals surface area contributed by atoms with E-state index >= 15 is 0 Å². The van der Waals surface area contributed by atoms with Crippen molar-refractivity contribution in [3.63, 3.8) is 0 Å². The van der Waals surface area contributed by atoms with Gasteiger partial charge in [-0.3, -0.25) is 14.5 Å². The number of benzene rings is 3. The van der Waals surface area contributed by atoms with Crippen molar-refractivity contribution in [3.8, 4) is 0 Å². The van der Waals surface area contributed by atoms with Gasteiger partial charge in [0.2, 0.25) is 5.91 Å². The Morgan fingerprint density at radius 1 is 0.886 bits per heavy atom. The quantitative estimate of drug-likeness (QED) is 0.432. The zero-order chi connectivity index (χ0) is 24.7. The van der Waals surface area contributed by atoms with Crippen molar-refractivity contribution < 1.29 is 19.5 Å². The van der Waals surface area contributed by atoms with Crippen LogP contribution in [-0.4, -0.2) is 22.8 Å².